The first-order chi connectivity index (χ1) is 20.8. The number of benzene rings is 5. The van der Waals surface area contributed by atoms with Gasteiger partial charge in [-0.15, -0.1) is 0 Å². The van der Waals surface area contributed by atoms with Gasteiger partial charge in [-0.2, -0.15) is 0 Å². The van der Waals surface area contributed by atoms with Crippen LogP contribution < -0.4 is 9.04 Å². The zero-order valence-corrected chi connectivity index (χ0v) is 24.0. The van der Waals surface area contributed by atoms with Crippen molar-refractivity contribution in [1.82, 2.24) is 0 Å². The van der Waals surface area contributed by atoms with Crippen LogP contribution >= 0.6 is 0 Å². The van der Waals surface area contributed by atoms with E-state index in [1.807, 2.05) is 78.9 Å². The second-order valence-electron chi connectivity index (χ2n) is 9.97. The molecule has 0 radical (unpaired) electrons. The summed E-state index contributed by atoms with van der Waals surface area (Å²) >= 11 is 0. The molecule has 0 atom stereocenters. The molecule has 0 aliphatic carbocycles. The molecule has 0 fully saturated rings. The Bertz CT molecular complexity index is 2000. The van der Waals surface area contributed by atoms with Crippen LogP contribution in [0.3, 0.4) is 0 Å². The lowest BCUT2D eigenvalue weighted by Crippen LogP contribution is -2.30. The van der Waals surface area contributed by atoms with Crippen LogP contribution in [0.4, 0.5) is 5.69 Å². The number of nitrogens with zero attached hydrogens (tertiary/aromatic N) is 1. The number of sulfonamides is 1. The van der Waals surface area contributed by atoms with E-state index >= 15 is 0 Å². The fourth-order valence-electron chi connectivity index (χ4n) is 4.94. The van der Waals surface area contributed by atoms with Crippen LogP contribution in [0, 0.1) is 0 Å². The number of ether oxygens (including phenoxy) is 1. The third-order valence-corrected chi connectivity index (χ3v) is 9.04. The van der Waals surface area contributed by atoms with Gasteiger partial charge in [-0.25, -0.2) is 13.2 Å². The number of aromatic carboxylic acids is 1. The Kier molecular flexibility index (Phi) is 7.44. The summed E-state index contributed by atoms with van der Waals surface area (Å²) in [6.45, 7) is 0.0564. The smallest absolute Gasteiger partial charge is 0.371 e. The quantitative estimate of drug-likeness (QED) is 0.184. The minimum atomic E-state index is -4.03. The van der Waals surface area contributed by atoms with E-state index in [4.69, 9.17) is 9.15 Å². The van der Waals surface area contributed by atoms with E-state index in [2.05, 4.69) is 0 Å². The van der Waals surface area contributed by atoms with Crippen LogP contribution in [0.2, 0.25) is 0 Å². The van der Waals surface area contributed by atoms with Gasteiger partial charge in [0.15, 0.2) is 0 Å². The van der Waals surface area contributed by atoms with Gasteiger partial charge in [-0.1, -0.05) is 78.9 Å². The van der Waals surface area contributed by atoms with Gasteiger partial charge in [-0.05, 0) is 76.3 Å². The van der Waals surface area contributed by atoms with E-state index in [0.29, 0.717) is 16.7 Å². The largest absolute Gasteiger partial charge is 0.497 e. The molecule has 7 nitrogen and oxygen atoms in total. The first-order valence-electron chi connectivity index (χ1n) is 13.5. The molecule has 43 heavy (non-hydrogen) atoms. The highest BCUT2D eigenvalue weighted by molar-refractivity contribution is 7.92. The number of furan rings is 1. The van der Waals surface area contributed by atoms with Crippen molar-refractivity contribution in [3.63, 3.8) is 0 Å². The Morgan fingerprint density at radius 3 is 1.93 bits per heavy atom. The SMILES string of the molecule is COc1ccc(-c2ccc(CN(c3ccc4oc(C(=O)O)cc4c3)S(=O)(=O)c3ccc(-c4ccccc4)cc3)cc2)cc1. The normalized spacial score (nSPS) is 11.4. The average molecular weight is 590 g/mol. The topological polar surface area (TPSA) is 97.0 Å². The predicted octanol–water partition coefficient (Wildman–Crippen LogP) is 7.87. The van der Waals surface area contributed by atoms with Gasteiger partial charge >= 0.3 is 5.97 Å². The Hall–Kier alpha value is -5.34. The number of anilines is 1. The summed E-state index contributed by atoms with van der Waals surface area (Å²) in [5, 5.41) is 9.86. The van der Waals surface area contributed by atoms with Gasteiger partial charge in [0.2, 0.25) is 5.76 Å². The Morgan fingerprint density at radius 2 is 1.33 bits per heavy atom. The number of carbonyl (C=O) groups is 1. The fourth-order valence-corrected chi connectivity index (χ4v) is 6.38. The first-order valence-corrected chi connectivity index (χ1v) is 14.9. The molecule has 1 heterocycles. The summed E-state index contributed by atoms with van der Waals surface area (Å²) in [5.74, 6) is -0.645. The van der Waals surface area contributed by atoms with Crippen LogP contribution in [0.1, 0.15) is 16.1 Å². The van der Waals surface area contributed by atoms with Crippen molar-refractivity contribution in [3.8, 4) is 28.0 Å². The molecule has 6 aromatic rings. The first kappa shape index (κ1) is 27.8. The van der Waals surface area contributed by atoms with Crippen LogP contribution in [-0.2, 0) is 16.6 Å². The zero-order valence-electron chi connectivity index (χ0n) is 23.2. The highest BCUT2D eigenvalue weighted by Crippen LogP contribution is 2.32. The van der Waals surface area contributed by atoms with E-state index < -0.39 is 16.0 Å². The van der Waals surface area contributed by atoms with Crippen molar-refractivity contribution < 1.29 is 27.5 Å². The summed E-state index contributed by atoms with van der Waals surface area (Å²) in [4.78, 5) is 11.6. The molecule has 1 aromatic heterocycles. The molecule has 0 spiro atoms. The summed E-state index contributed by atoms with van der Waals surface area (Å²) < 4.78 is 40.3. The second kappa shape index (κ2) is 11.5. The van der Waals surface area contributed by atoms with Crippen LogP contribution in [-0.4, -0.2) is 26.6 Å². The van der Waals surface area contributed by atoms with E-state index in [1.165, 1.54) is 10.4 Å². The number of methoxy groups -OCH3 is 1. The summed E-state index contributed by atoms with van der Waals surface area (Å²) in [7, 11) is -2.41. The maximum absolute atomic E-state index is 14.2. The molecular formula is C35H27NO6S. The molecule has 0 amide bonds. The zero-order chi connectivity index (χ0) is 30.0. The maximum atomic E-state index is 14.2. The molecule has 0 bridgehead atoms. The van der Waals surface area contributed by atoms with E-state index in [1.54, 1.807) is 49.6 Å². The van der Waals surface area contributed by atoms with Gasteiger partial charge in [0.25, 0.3) is 10.0 Å². The molecule has 5 aromatic carbocycles. The standard InChI is InChI=1S/C35H27NO6S/c1-41-31-16-11-27(12-17-31)26-9-7-24(8-10-26)23-36(30-15-20-33-29(21-30)22-34(42-33)35(37)38)43(39,40)32-18-13-28(14-19-32)25-5-3-2-4-6-25/h2-22H,23H2,1H3,(H,37,38). The molecule has 0 aliphatic heterocycles. The third kappa shape index (κ3) is 5.73. The summed E-state index contributed by atoms with van der Waals surface area (Å²) in [6.07, 6.45) is 0. The molecule has 0 unspecified atom stereocenters. The van der Waals surface area contributed by atoms with Gasteiger partial charge in [0.1, 0.15) is 11.3 Å². The van der Waals surface area contributed by atoms with Crippen molar-refractivity contribution in [3.05, 3.63) is 139 Å². The lowest BCUT2D eigenvalue weighted by molar-refractivity contribution is 0.0665. The van der Waals surface area contributed by atoms with Crippen molar-refractivity contribution in [2.75, 3.05) is 11.4 Å². The number of hydrogen-bond donors (Lipinski definition) is 1. The molecule has 0 saturated heterocycles. The van der Waals surface area contributed by atoms with Crippen LogP contribution in [0.5, 0.6) is 5.75 Å². The van der Waals surface area contributed by atoms with E-state index in [-0.39, 0.29) is 17.2 Å². The maximum Gasteiger partial charge on any atom is 0.371 e. The van der Waals surface area contributed by atoms with Gasteiger partial charge in [0.05, 0.1) is 24.2 Å². The van der Waals surface area contributed by atoms with Crippen molar-refractivity contribution in [2.45, 2.75) is 11.4 Å². The minimum absolute atomic E-state index is 0.0564. The van der Waals surface area contributed by atoms with Gasteiger partial charge in [0, 0.05) is 5.39 Å². The van der Waals surface area contributed by atoms with Crippen molar-refractivity contribution in [2.24, 2.45) is 0 Å². The molecule has 0 saturated carbocycles. The van der Waals surface area contributed by atoms with E-state index in [0.717, 1.165) is 33.6 Å². The summed E-state index contributed by atoms with van der Waals surface area (Å²) in [6, 6.07) is 38.2. The number of hydrogen-bond acceptors (Lipinski definition) is 5. The molecular weight excluding hydrogens is 562 g/mol. The Morgan fingerprint density at radius 1 is 0.744 bits per heavy atom. The van der Waals surface area contributed by atoms with Gasteiger partial charge in [-0.3, -0.25) is 4.31 Å². The molecule has 0 aliphatic rings. The number of rotatable bonds is 9. The average Bonchev–Trinajstić information content (AvgIpc) is 3.49. The lowest BCUT2D eigenvalue weighted by atomic mass is 10.0. The van der Waals surface area contributed by atoms with E-state index in [9.17, 15) is 18.3 Å². The number of carboxylic acids is 1. The summed E-state index contributed by atoms with van der Waals surface area (Å²) in [5.41, 5.74) is 5.40. The fraction of sp³-hybridized carbons (Fsp3) is 0.0571. The lowest BCUT2D eigenvalue weighted by Gasteiger charge is -2.25. The van der Waals surface area contributed by atoms with Crippen molar-refractivity contribution in [1.29, 1.82) is 0 Å². The van der Waals surface area contributed by atoms with Crippen molar-refractivity contribution >= 4 is 32.6 Å². The Balaban J connectivity index is 1.37. The molecule has 1 N–H and O–H groups in total. The van der Waals surface area contributed by atoms with Crippen LogP contribution in [0.25, 0.3) is 33.2 Å². The number of fused-ring (bicyclic) bond motifs is 1. The Labute approximate surface area is 249 Å². The number of carboxylic acid groups (broad SMARTS) is 1. The highest BCUT2D eigenvalue weighted by Gasteiger charge is 2.26. The van der Waals surface area contributed by atoms with Crippen LogP contribution in [0.15, 0.2) is 137 Å². The minimum Gasteiger partial charge on any atom is -0.497 e. The second-order valence-corrected chi connectivity index (χ2v) is 11.8. The monoisotopic (exact) mass is 589 g/mol. The molecule has 214 valence electrons. The highest BCUT2D eigenvalue weighted by atomic mass is 32.2. The molecule has 8 heteroatoms. The van der Waals surface area contributed by atoms with Gasteiger partial charge < -0.3 is 14.3 Å². The predicted molar refractivity (Wildman–Crippen MR) is 167 cm³/mol. The third-order valence-electron chi connectivity index (χ3n) is 7.25. The molecule has 6 rings (SSSR count).